The molecule has 1 aliphatic heterocycles. The highest BCUT2D eigenvalue weighted by Gasteiger charge is 2.47. The molecule has 1 atom stereocenters. The zero-order valence-electron chi connectivity index (χ0n) is 16.9. The van der Waals surface area contributed by atoms with Crippen LogP contribution in [0.4, 0.5) is 10.5 Å². The molecule has 9 nitrogen and oxygen atoms in total. The second-order valence-electron chi connectivity index (χ2n) is 6.92. The first-order valence-corrected chi connectivity index (χ1v) is 9.61. The Bertz CT molecular complexity index is 764. The lowest BCUT2D eigenvalue weighted by Crippen LogP contribution is -2.44. The summed E-state index contributed by atoms with van der Waals surface area (Å²) in [6, 6.07) is 6.10. The van der Waals surface area contributed by atoms with Crippen molar-refractivity contribution in [2.45, 2.75) is 45.6 Å². The number of nitrogens with zero attached hydrogens (tertiary/aromatic N) is 1. The first-order chi connectivity index (χ1) is 13.8. The first-order valence-electron chi connectivity index (χ1n) is 9.61. The number of nitrogens with one attached hydrogen (secondary N) is 2. The van der Waals surface area contributed by atoms with Gasteiger partial charge in [0, 0.05) is 5.69 Å². The van der Waals surface area contributed by atoms with Gasteiger partial charge in [-0.3, -0.25) is 19.3 Å². The van der Waals surface area contributed by atoms with E-state index in [1.165, 1.54) is 0 Å². The van der Waals surface area contributed by atoms with E-state index in [-0.39, 0.29) is 0 Å². The fraction of sp³-hybridized carbons (Fsp3) is 0.500. The van der Waals surface area contributed by atoms with Crippen LogP contribution in [0.1, 0.15) is 40.0 Å². The van der Waals surface area contributed by atoms with Crippen molar-refractivity contribution in [3.05, 3.63) is 24.3 Å². The molecule has 158 valence electrons. The number of esters is 1. The number of rotatable bonds is 10. The van der Waals surface area contributed by atoms with Crippen molar-refractivity contribution in [3.8, 4) is 5.75 Å². The average molecular weight is 405 g/mol. The van der Waals surface area contributed by atoms with Crippen LogP contribution in [0.5, 0.6) is 5.75 Å². The maximum atomic E-state index is 12.5. The molecule has 1 heterocycles. The van der Waals surface area contributed by atoms with Crippen LogP contribution in [0, 0.1) is 0 Å². The third kappa shape index (κ3) is 5.94. The number of hydrogen-bond donors (Lipinski definition) is 2. The molecule has 0 spiro atoms. The molecule has 0 saturated carbocycles. The van der Waals surface area contributed by atoms with E-state index in [1.807, 2.05) is 13.8 Å². The highest BCUT2D eigenvalue weighted by Crippen LogP contribution is 2.23. The van der Waals surface area contributed by atoms with Crippen LogP contribution in [0.15, 0.2) is 24.3 Å². The molecule has 1 aromatic carbocycles. The smallest absolute Gasteiger partial charge is 0.326 e. The number of imide groups is 1. The van der Waals surface area contributed by atoms with E-state index in [0.29, 0.717) is 24.5 Å². The van der Waals surface area contributed by atoms with Crippen molar-refractivity contribution in [1.82, 2.24) is 10.2 Å². The predicted molar refractivity (Wildman–Crippen MR) is 105 cm³/mol. The van der Waals surface area contributed by atoms with Gasteiger partial charge in [-0.25, -0.2) is 4.79 Å². The second kappa shape index (κ2) is 9.90. The lowest BCUT2D eigenvalue weighted by molar-refractivity contribution is -0.150. The standard InChI is InChI=1S/C20H27N3O6/c1-4-6-11-20(3)18(26)23(19(27)22-20)12-17(25)29-13-16(24)21-14-7-9-15(10-8-14)28-5-2/h7-10H,4-6,11-13H2,1-3H3,(H,21,24)(H,22,27)/t20-/m0/s1. The van der Waals surface area contributed by atoms with Crippen molar-refractivity contribution in [3.63, 3.8) is 0 Å². The highest BCUT2D eigenvalue weighted by atomic mass is 16.5. The molecule has 0 unspecified atom stereocenters. The van der Waals surface area contributed by atoms with Gasteiger partial charge < -0.3 is 20.1 Å². The van der Waals surface area contributed by atoms with E-state index >= 15 is 0 Å². The van der Waals surface area contributed by atoms with Gasteiger partial charge in [-0.1, -0.05) is 19.8 Å². The summed E-state index contributed by atoms with van der Waals surface area (Å²) < 4.78 is 10.2. The van der Waals surface area contributed by atoms with Gasteiger partial charge in [0.05, 0.1) is 6.61 Å². The molecule has 1 fully saturated rings. The van der Waals surface area contributed by atoms with E-state index in [2.05, 4.69) is 10.6 Å². The Labute approximate surface area is 169 Å². The summed E-state index contributed by atoms with van der Waals surface area (Å²) in [4.78, 5) is 49.3. The van der Waals surface area contributed by atoms with Crippen LogP contribution in [0.2, 0.25) is 0 Å². The minimum atomic E-state index is -1.02. The molecule has 29 heavy (non-hydrogen) atoms. The van der Waals surface area contributed by atoms with Gasteiger partial charge in [0.1, 0.15) is 17.8 Å². The molecule has 1 aliphatic rings. The fourth-order valence-electron chi connectivity index (χ4n) is 2.91. The average Bonchev–Trinajstić information content (AvgIpc) is 2.90. The van der Waals surface area contributed by atoms with Crippen LogP contribution < -0.4 is 15.4 Å². The molecule has 2 rings (SSSR count). The monoisotopic (exact) mass is 405 g/mol. The summed E-state index contributed by atoms with van der Waals surface area (Å²) in [7, 11) is 0. The highest BCUT2D eigenvalue weighted by molar-refractivity contribution is 6.08. The Hall–Kier alpha value is -3.10. The number of carbonyl (C=O) groups excluding carboxylic acids is 4. The number of hydrogen-bond acceptors (Lipinski definition) is 6. The number of unbranched alkanes of at least 4 members (excludes halogenated alkanes) is 1. The second-order valence-corrected chi connectivity index (χ2v) is 6.92. The predicted octanol–water partition coefficient (Wildman–Crippen LogP) is 2.07. The van der Waals surface area contributed by atoms with Crippen molar-refractivity contribution in [2.75, 3.05) is 25.1 Å². The molecular weight excluding hydrogens is 378 g/mol. The molecule has 9 heteroatoms. The molecule has 0 aliphatic carbocycles. The normalized spacial score (nSPS) is 18.4. The van der Waals surface area contributed by atoms with Crippen LogP contribution in [-0.2, 0) is 19.1 Å². The maximum absolute atomic E-state index is 12.5. The van der Waals surface area contributed by atoms with Gasteiger partial charge in [-0.2, -0.15) is 0 Å². The number of ether oxygens (including phenoxy) is 2. The van der Waals surface area contributed by atoms with E-state index in [9.17, 15) is 19.2 Å². The van der Waals surface area contributed by atoms with Crippen molar-refractivity contribution < 1.29 is 28.7 Å². The van der Waals surface area contributed by atoms with Crippen molar-refractivity contribution in [2.24, 2.45) is 0 Å². The molecular formula is C20H27N3O6. The zero-order chi connectivity index (χ0) is 21.4. The summed E-state index contributed by atoms with van der Waals surface area (Å²) in [5.74, 6) is -1.16. The number of anilines is 1. The summed E-state index contributed by atoms with van der Waals surface area (Å²) in [5.41, 5.74) is -0.492. The Morgan fingerprint density at radius 3 is 2.48 bits per heavy atom. The van der Waals surface area contributed by atoms with Gasteiger partial charge in [0.15, 0.2) is 6.61 Å². The van der Waals surface area contributed by atoms with Crippen molar-refractivity contribution in [1.29, 1.82) is 0 Å². The molecule has 0 radical (unpaired) electrons. The Kier molecular flexibility index (Phi) is 7.58. The minimum absolute atomic E-state index is 0.466. The van der Waals surface area contributed by atoms with E-state index < -0.39 is 42.5 Å². The van der Waals surface area contributed by atoms with Crippen molar-refractivity contribution >= 4 is 29.5 Å². The molecule has 2 N–H and O–H groups in total. The molecule has 1 aromatic rings. The molecule has 0 aromatic heterocycles. The number of amides is 4. The lowest BCUT2D eigenvalue weighted by Gasteiger charge is -2.21. The largest absolute Gasteiger partial charge is 0.494 e. The zero-order valence-corrected chi connectivity index (χ0v) is 16.9. The topological polar surface area (TPSA) is 114 Å². The Balaban J connectivity index is 1.81. The van der Waals surface area contributed by atoms with E-state index in [4.69, 9.17) is 9.47 Å². The van der Waals surface area contributed by atoms with Crippen LogP contribution in [0.25, 0.3) is 0 Å². The van der Waals surface area contributed by atoms with Gasteiger partial charge in [0.2, 0.25) is 0 Å². The minimum Gasteiger partial charge on any atom is -0.494 e. The Morgan fingerprint density at radius 1 is 1.17 bits per heavy atom. The third-order valence-electron chi connectivity index (χ3n) is 4.48. The fourth-order valence-corrected chi connectivity index (χ4v) is 2.91. The quantitative estimate of drug-likeness (QED) is 0.455. The number of urea groups is 1. The van der Waals surface area contributed by atoms with Gasteiger partial charge >= 0.3 is 12.0 Å². The van der Waals surface area contributed by atoms with E-state index in [1.54, 1.807) is 31.2 Å². The summed E-state index contributed by atoms with van der Waals surface area (Å²) in [5, 5.41) is 5.20. The molecule has 4 amide bonds. The van der Waals surface area contributed by atoms with Gasteiger partial charge in [-0.05, 0) is 44.5 Å². The van der Waals surface area contributed by atoms with Gasteiger partial charge in [-0.15, -0.1) is 0 Å². The van der Waals surface area contributed by atoms with Crippen LogP contribution in [-0.4, -0.2) is 54.0 Å². The van der Waals surface area contributed by atoms with Gasteiger partial charge in [0.25, 0.3) is 11.8 Å². The maximum Gasteiger partial charge on any atom is 0.326 e. The number of benzene rings is 1. The lowest BCUT2D eigenvalue weighted by atomic mass is 9.95. The summed E-state index contributed by atoms with van der Waals surface area (Å²) in [6.45, 7) is 4.97. The van der Waals surface area contributed by atoms with Crippen LogP contribution >= 0.6 is 0 Å². The summed E-state index contributed by atoms with van der Waals surface area (Å²) >= 11 is 0. The SMILES string of the molecule is CCCC[C@]1(C)NC(=O)N(CC(=O)OCC(=O)Nc2ccc(OCC)cc2)C1=O. The third-order valence-corrected chi connectivity index (χ3v) is 4.48. The van der Waals surface area contributed by atoms with Crippen LogP contribution in [0.3, 0.4) is 0 Å². The number of carbonyl (C=O) groups is 4. The Morgan fingerprint density at radius 2 is 1.86 bits per heavy atom. The molecule has 1 saturated heterocycles. The summed E-state index contributed by atoms with van der Waals surface area (Å²) in [6.07, 6.45) is 2.14. The molecule has 0 bridgehead atoms. The first kappa shape index (κ1) is 22.2. The van der Waals surface area contributed by atoms with E-state index in [0.717, 1.165) is 17.7 Å².